The van der Waals surface area contributed by atoms with Gasteiger partial charge in [0.05, 0.1) is 12.0 Å². The van der Waals surface area contributed by atoms with Gasteiger partial charge in [0.15, 0.2) is 0 Å². The molecule has 0 saturated heterocycles. The molecule has 4 N–H and O–H groups in total. The Bertz CT molecular complexity index is 184. The number of hydrogen-bond donors (Lipinski definition) is 3. The standard InChI is InChI=1S/C5H7NO4/c6-2-3(5(9)10)1-4(7)8/h2H,1,6H2,(H,7,8)(H,9,10)/b3-2-. The van der Waals surface area contributed by atoms with Crippen LogP contribution in [-0.2, 0) is 9.59 Å². The van der Waals surface area contributed by atoms with Gasteiger partial charge in [-0.3, -0.25) is 4.79 Å². The van der Waals surface area contributed by atoms with Crippen LogP contribution in [0.4, 0.5) is 0 Å². The van der Waals surface area contributed by atoms with E-state index >= 15 is 0 Å². The van der Waals surface area contributed by atoms with Crippen LogP contribution in [0.25, 0.3) is 0 Å². The van der Waals surface area contributed by atoms with E-state index in [1.807, 2.05) is 0 Å². The Balaban J connectivity index is 4.12. The van der Waals surface area contributed by atoms with E-state index in [4.69, 9.17) is 15.9 Å². The Morgan fingerprint density at radius 2 is 1.90 bits per heavy atom. The molecule has 56 valence electrons. The van der Waals surface area contributed by atoms with E-state index in [9.17, 15) is 9.59 Å². The fourth-order valence-electron chi connectivity index (χ4n) is 0.369. The number of hydrogen-bond acceptors (Lipinski definition) is 3. The molecule has 0 spiro atoms. The number of carbonyl (C=O) groups is 2. The van der Waals surface area contributed by atoms with Crippen molar-refractivity contribution in [2.24, 2.45) is 5.73 Å². The molecule has 5 nitrogen and oxygen atoms in total. The number of rotatable bonds is 3. The summed E-state index contributed by atoms with van der Waals surface area (Å²) in [7, 11) is 0. The topological polar surface area (TPSA) is 101 Å². The normalized spacial score (nSPS) is 11.0. The quantitative estimate of drug-likeness (QED) is 0.460. The summed E-state index contributed by atoms with van der Waals surface area (Å²) in [4.78, 5) is 20.0. The molecule has 0 saturated carbocycles. The van der Waals surface area contributed by atoms with Gasteiger partial charge < -0.3 is 15.9 Å². The molecule has 0 amide bonds. The summed E-state index contributed by atoms with van der Waals surface area (Å²) in [5, 5.41) is 16.3. The van der Waals surface area contributed by atoms with Crippen LogP contribution in [0.2, 0.25) is 0 Å². The minimum absolute atomic E-state index is 0.312. The Labute approximate surface area is 56.8 Å². The highest BCUT2D eigenvalue weighted by molar-refractivity contribution is 5.91. The predicted molar refractivity (Wildman–Crippen MR) is 32.2 cm³/mol. The fourth-order valence-corrected chi connectivity index (χ4v) is 0.369. The van der Waals surface area contributed by atoms with Crippen molar-refractivity contribution in [3.8, 4) is 0 Å². The summed E-state index contributed by atoms with van der Waals surface area (Å²) in [6.07, 6.45) is 0.224. The molecule has 0 radical (unpaired) electrons. The lowest BCUT2D eigenvalue weighted by Gasteiger charge is -1.93. The molecular weight excluding hydrogens is 138 g/mol. The average Bonchev–Trinajstić information content (AvgIpc) is 1.81. The third-order valence-corrected chi connectivity index (χ3v) is 0.818. The molecule has 5 heteroatoms. The highest BCUT2D eigenvalue weighted by atomic mass is 16.4. The van der Waals surface area contributed by atoms with Gasteiger partial charge in [-0.2, -0.15) is 0 Å². The summed E-state index contributed by atoms with van der Waals surface area (Å²) in [5.41, 5.74) is 4.50. The Morgan fingerprint density at radius 1 is 1.40 bits per heavy atom. The maximum absolute atomic E-state index is 10.1. The van der Waals surface area contributed by atoms with Crippen molar-refractivity contribution >= 4 is 11.9 Å². The lowest BCUT2D eigenvalue weighted by atomic mass is 10.2. The molecule has 10 heavy (non-hydrogen) atoms. The van der Waals surface area contributed by atoms with Gasteiger partial charge in [-0.15, -0.1) is 0 Å². The molecule has 0 bridgehead atoms. The molecule has 0 aliphatic heterocycles. The van der Waals surface area contributed by atoms with Crippen molar-refractivity contribution in [3.05, 3.63) is 11.8 Å². The molecule has 0 aromatic heterocycles. The van der Waals surface area contributed by atoms with Crippen molar-refractivity contribution in [1.29, 1.82) is 0 Å². The van der Waals surface area contributed by atoms with Gasteiger partial charge in [0.25, 0.3) is 0 Å². The zero-order valence-corrected chi connectivity index (χ0v) is 5.07. The molecule has 0 atom stereocenters. The molecule has 0 rings (SSSR count). The van der Waals surface area contributed by atoms with Gasteiger partial charge in [-0.25, -0.2) is 4.79 Å². The maximum Gasteiger partial charge on any atom is 0.333 e. The van der Waals surface area contributed by atoms with Crippen molar-refractivity contribution in [1.82, 2.24) is 0 Å². The SMILES string of the molecule is N/C=C(/CC(=O)O)C(=O)O. The molecule has 0 aliphatic carbocycles. The van der Waals surface area contributed by atoms with Gasteiger partial charge in [-0.1, -0.05) is 0 Å². The minimum atomic E-state index is -1.30. The summed E-state index contributed by atoms with van der Waals surface area (Å²) >= 11 is 0. The summed E-state index contributed by atoms with van der Waals surface area (Å²) in [6, 6.07) is 0. The molecule has 0 aromatic rings. The van der Waals surface area contributed by atoms with Crippen LogP contribution in [0.3, 0.4) is 0 Å². The predicted octanol–water partition coefficient (Wildman–Crippen LogP) is -0.612. The van der Waals surface area contributed by atoms with Gasteiger partial charge >= 0.3 is 11.9 Å². The average molecular weight is 145 g/mol. The van der Waals surface area contributed by atoms with Crippen molar-refractivity contribution in [3.63, 3.8) is 0 Å². The zero-order valence-electron chi connectivity index (χ0n) is 5.07. The second-order valence-electron chi connectivity index (χ2n) is 1.57. The number of carboxylic acid groups (broad SMARTS) is 2. The summed E-state index contributed by atoms with van der Waals surface area (Å²) in [5.74, 6) is -2.51. The first-order valence-electron chi connectivity index (χ1n) is 2.43. The van der Waals surface area contributed by atoms with Crippen LogP contribution in [0.15, 0.2) is 11.8 Å². The van der Waals surface area contributed by atoms with E-state index in [2.05, 4.69) is 0 Å². The first-order chi connectivity index (χ1) is 4.57. The number of aliphatic carboxylic acids is 2. The molecule has 0 unspecified atom stereocenters. The second kappa shape index (κ2) is 3.49. The lowest BCUT2D eigenvalue weighted by Crippen LogP contribution is -2.08. The zero-order chi connectivity index (χ0) is 8.15. The summed E-state index contributed by atoms with van der Waals surface area (Å²) < 4.78 is 0. The molecular formula is C5H7NO4. The van der Waals surface area contributed by atoms with Crippen molar-refractivity contribution in [2.45, 2.75) is 6.42 Å². The van der Waals surface area contributed by atoms with E-state index in [1.54, 1.807) is 0 Å². The molecule has 0 fully saturated rings. The largest absolute Gasteiger partial charge is 0.481 e. The van der Waals surface area contributed by atoms with Gasteiger partial charge in [0.2, 0.25) is 0 Å². The van der Waals surface area contributed by atoms with E-state index in [-0.39, 0.29) is 5.57 Å². The highest BCUT2D eigenvalue weighted by Crippen LogP contribution is 1.97. The first-order valence-corrected chi connectivity index (χ1v) is 2.43. The van der Waals surface area contributed by atoms with Crippen LogP contribution < -0.4 is 5.73 Å². The van der Waals surface area contributed by atoms with Crippen LogP contribution in [0.5, 0.6) is 0 Å². The lowest BCUT2D eigenvalue weighted by molar-refractivity contribution is -0.139. The van der Waals surface area contributed by atoms with Crippen molar-refractivity contribution in [2.75, 3.05) is 0 Å². The van der Waals surface area contributed by atoms with Crippen LogP contribution in [0, 0.1) is 0 Å². The fraction of sp³-hybridized carbons (Fsp3) is 0.200. The van der Waals surface area contributed by atoms with Crippen LogP contribution >= 0.6 is 0 Å². The molecule has 0 aromatic carbocycles. The van der Waals surface area contributed by atoms with Gasteiger partial charge in [0, 0.05) is 6.20 Å². The van der Waals surface area contributed by atoms with E-state index in [0.29, 0.717) is 0 Å². The second-order valence-corrected chi connectivity index (χ2v) is 1.57. The minimum Gasteiger partial charge on any atom is -0.481 e. The molecule has 0 aliphatic rings. The maximum atomic E-state index is 10.1. The Hall–Kier alpha value is -1.52. The third-order valence-electron chi connectivity index (χ3n) is 0.818. The highest BCUT2D eigenvalue weighted by Gasteiger charge is 2.09. The van der Waals surface area contributed by atoms with Gasteiger partial charge in [-0.05, 0) is 0 Å². The van der Waals surface area contributed by atoms with E-state index in [0.717, 1.165) is 6.20 Å². The van der Waals surface area contributed by atoms with Crippen LogP contribution in [0.1, 0.15) is 6.42 Å². The number of carboxylic acids is 2. The third kappa shape index (κ3) is 2.71. The Morgan fingerprint density at radius 3 is 2.00 bits per heavy atom. The monoisotopic (exact) mass is 145 g/mol. The smallest absolute Gasteiger partial charge is 0.333 e. The van der Waals surface area contributed by atoms with Crippen molar-refractivity contribution < 1.29 is 19.8 Å². The molecule has 0 heterocycles. The van der Waals surface area contributed by atoms with Crippen LogP contribution in [-0.4, -0.2) is 22.2 Å². The summed E-state index contributed by atoms with van der Waals surface area (Å²) in [6.45, 7) is 0. The van der Waals surface area contributed by atoms with Gasteiger partial charge in [0.1, 0.15) is 0 Å². The van der Waals surface area contributed by atoms with E-state index < -0.39 is 18.4 Å². The first kappa shape index (κ1) is 8.48. The Kier molecular flexibility index (Phi) is 2.96. The number of nitrogens with two attached hydrogens (primary N) is 1. The van der Waals surface area contributed by atoms with E-state index in [1.165, 1.54) is 0 Å².